The molecule has 0 aliphatic rings. The molecule has 100 valence electrons. The Kier molecular flexibility index (Phi) is 4.47. The van der Waals surface area contributed by atoms with Crippen LogP contribution in [0.15, 0.2) is 42.7 Å². The van der Waals surface area contributed by atoms with Gasteiger partial charge in [-0.2, -0.15) is 0 Å². The Morgan fingerprint density at radius 2 is 2.00 bits per heavy atom. The molecule has 0 saturated carbocycles. The van der Waals surface area contributed by atoms with E-state index < -0.39 is 0 Å². The molecule has 0 unspecified atom stereocenters. The first-order valence-corrected chi connectivity index (χ1v) is 6.37. The molecule has 4 heteroatoms. The van der Waals surface area contributed by atoms with E-state index in [1.807, 2.05) is 24.0 Å². The summed E-state index contributed by atoms with van der Waals surface area (Å²) in [6.45, 7) is 3.23. The molecule has 1 aromatic heterocycles. The van der Waals surface area contributed by atoms with Crippen molar-refractivity contribution in [2.75, 3.05) is 18.0 Å². The summed E-state index contributed by atoms with van der Waals surface area (Å²) in [5, 5.41) is 0. The summed E-state index contributed by atoms with van der Waals surface area (Å²) in [5.41, 5.74) is 8.13. The lowest BCUT2D eigenvalue weighted by Crippen LogP contribution is -2.22. The molecule has 0 saturated heterocycles. The number of hydrogen-bond acceptors (Lipinski definition) is 3. The third-order valence-electron chi connectivity index (χ3n) is 3.01. The Hall–Kier alpha value is -1.94. The van der Waals surface area contributed by atoms with Gasteiger partial charge in [0.25, 0.3) is 0 Å². The number of pyridine rings is 1. The van der Waals surface area contributed by atoms with Gasteiger partial charge in [-0.15, -0.1) is 0 Å². The van der Waals surface area contributed by atoms with Crippen molar-refractivity contribution < 1.29 is 4.39 Å². The van der Waals surface area contributed by atoms with Gasteiger partial charge in [-0.05, 0) is 43.7 Å². The number of nitrogens with zero attached hydrogens (tertiary/aromatic N) is 2. The van der Waals surface area contributed by atoms with Crippen molar-refractivity contribution in [3.05, 3.63) is 54.1 Å². The van der Waals surface area contributed by atoms with E-state index in [1.54, 1.807) is 24.5 Å². The standard InChI is InChI=1S/C15H18FN3/c1-12-11-18-9-7-14(12)19(10-4-8-17)15-6-3-2-5-13(15)16/h2-3,5-7,9,11H,4,8,10,17H2,1H3. The van der Waals surface area contributed by atoms with Gasteiger partial charge < -0.3 is 10.6 Å². The SMILES string of the molecule is Cc1cnccc1N(CCCN)c1ccccc1F. The van der Waals surface area contributed by atoms with E-state index in [-0.39, 0.29) is 5.82 Å². The van der Waals surface area contributed by atoms with Crippen molar-refractivity contribution in [3.8, 4) is 0 Å². The van der Waals surface area contributed by atoms with Gasteiger partial charge in [0.15, 0.2) is 0 Å². The third-order valence-corrected chi connectivity index (χ3v) is 3.01. The van der Waals surface area contributed by atoms with Crippen LogP contribution < -0.4 is 10.6 Å². The van der Waals surface area contributed by atoms with Gasteiger partial charge >= 0.3 is 0 Å². The minimum Gasteiger partial charge on any atom is -0.339 e. The van der Waals surface area contributed by atoms with Crippen LogP contribution in [-0.4, -0.2) is 18.1 Å². The Labute approximate surface area is 112 Å². The number of para-hydroxylation sites is 1. The highest BCUT2D eigenvalue weighted by molar-refractivity contribution is 5.66. The molecule has 0 aliphatic heterocycles. The van der Waals surface area contributed by atoms with Gasteiger partial charge in [0.2, 0.25) is 0 Å². The largest absolute Gasteiger partial charge is 0.339 e. The molecule has 2 aromatic rings. The van der Waals surface area contributed by atoms with Crippen LogP contribution in [0.3, 0.4) is 0 Å². The lowest BCUT2D eigenvalue weighted by Gasteiger charge is -2.26. The highest BCUT2D eigenvalue weighted by Crippen LogP contribution is 2.29. The van der Waals surface area contributed by atoms with E-state index in [4.69, 9.17) is 5.73 Å². The van der Waals surface area contributed by atoms with E-state index in [0.717, 1.165) is 17.7 Å². The quantitative estimate of drug-likeness (QED) is 0.897. The Morgan fingerprint density at radius 1 is 1.21 bits per heavy atom. The Bertz CT molecular complexity index is 497. The predicted octanol–water partition coefficient (Wildman–Crippen LogP) is 3.02. The summed E-state index contributed by atoms with van der Waals surface area (Å²) in [7, 11) is 0. The number of nitrogens with two attached hydrogens (primary N) is 1. The van der Waals surface area contributed by atoms with E-state index in [1.165, 1.54) is 6.07 Å². The second-order valence-electron chi connectivity index (χ2n) is 4.41. The average molecular weight is 259 g/mol. The van der Waals surface area contributed by atoms with Crippen molar-refractivity contribution in [1.29, 1.82) is 0 Å². The smallest absolute Gasteiger partial charge is 0.146 e. The molecule has 0 aliphatic carbocycles. The number of hydrogen-bond donors (Lipinski definition) is 1. The normalized spacial score (nSPS) is 10.5. The molecule has 1 aromatic carbocycles. The lowest BCUT2D eigenvalue weighted by molar-refractivity contribution is 0.623. The highest BCUT2D eigenvalue weighted by Gasteiger charge is 2.14. The van der Waals surface area contributed by atoms with Crippen molar-refractivity contribution >= 4 is 11.4 Å². The lowest BCUT2D eigenvalue weighted by atomic mass is 10.2. The highest BCUT2D eigenvalue weighted by atomic mass is 19.1. The summed E-state index contributed by atoms with van der Waals surface area (Å²) in [5.74, 6) is -0.226. The topological polar surface area (TPSA) is 42.2 Å². The number of halogens is 1. The van der Waals surface area contributed by atoms with E-state index in [0.29, 0.717) is 18.8 Å². The molecule has 0 atom stereocenters. The molecule has 2 rings (SSSR count). The Balaban J connectivity index is 2.42. The third kappa shape index (κ3) is 3.09. The van der Waals surface area contributed by atoms with Gasteiger partial charge in [0.1, 0.15) is 5.82 Å². The zero-order valence-corrected chi connectivity index (χ0v) is 11.0. The van der Waals surface area contributed by atoms with Crippen molar-refractivity contribution in [2.45, 2.75) is 13.3 Å². The molecule has 0 spiro atoms. The molecular formula is C15H18FN3. The molecule has 19 heavy (non-hydrogen) atoms. The minimum absolute atomic E-state index is 0.226. The first-order chi connectivity index (χ1) is 9.24. The van der Waals surface area contributed by atoms with Gasteiger partial charge in [0.05, 0.1) is 5.69 Å². The fourth-order valence-corrected chi connectivity index (χ4v) is 2.06. The molecule has 0 radical (unpaired) electrons. The van der Waals surface area contributed by atoms with Crippen LogP contribution in [-0.2, 0) is 0 Å². The van der Waals surface area contributed by atoms with Crippen molar-refractivity contribution in [3.63, 3.8) is 0 Å². The second-order valence-corrected chi connectivity index (χ2v) is 4.41. The van der Waals surface area contributed by atoms with Crippen LogP contribution >= 0.6 is 0 Å². The number of aryl methyl sites for hydroxylation is 1. The molecule has 2 N–H and O–H groups in total. The maximum atomic E-state index is 14.0. The number of rotatable bonds is 5. The summed E-state index contributed by atoms with van der Waals surface area (Å²) >= 11 is 0. The maximum Gasteiger partial charge on any atom is 0.146 e. The van der Waals surface area contributed by atoms with Crippen molar-refractivity contribution in [2.24, 2.45) is 5.73 Å². The second kappa shape index (κ2) is 6.29. The molecule has 3 nitrogen and oxygen atoms in total. The summed E-state index contributed by atoms with van der Waals surface area (Å²) in [6, 6.07) is 8.69. The summed E-state index contributed by atoms with van der Waals surface area (Å²) in [6.07, 6.45) is 4.31. The zero-order valence-electron chi connectivity index (χ0n) is 11.0. The van der Waals surface area contributed by atoms with E-state index in [9.17, 15) is 4.39 Å². The number of anilines is 2. The van der Waals surface area contributed by atoms with Crippen LogP contribution in [0.5, 0.6) is 0 Å². The minimum atomic E-state index is -0.226. The van der Waals surface area contributed by atoms with E-state index in [2.05, 4.69) is 4.98 Å². The van der Waals surface area contributed by atoms with Crippen LogP contribution in [0.1, 0.15) is 12.0 Å². The summed E-state index contributed by atoms with van der Waals surface area (Å²) < 4.78 is 14.0. The van der Waals surface area contributed by atoms with Gasteiger partial charge in [-0.1, -0.05) is 12.1 Å². The van der Waals surface area contributed by atoms with E-state index >= 15 is 0 Å². The number of benzene rings is 1. The zero-order chi connectivity index (χ0) is 13.7. The van der Waals surface area contributed by atoms with Gasteiger partial charge in [0, 0.05) is 24.6 Å². The first kappa shape index (κ1) is 13.5. The van der Waals surface area contributed by atoms with Crippen LogP contribution in [0, 0.1) is 12.7 Å². The molecule has 1 heterocycles. The number of aromatic nitrogens is 1. The predicted molar refractivity (Wildman–Crippen MR) is 76.1 cm³/mol. The fraction of sp³-hybridized carbons (Fsp3) is 0.267. The molecule has 0 bridgehead atoms. The Morgan fingerprint density at radius 3 is 2.68 bits per heavy atom. The molecule has 0 amide bonds. The van der Waals surface area contributed by atoms with Gasteiger partial charge in [-0.3, -0.25) is 4.98 Å². The summed E-state index contributed by atoms with van der Waals surface area (Å²) in [4.78, 5) is 6.04. The molecule has 0 fully saturated rings. The molecular weight excluding hydrogens is 241 g/mol. The van der Waals surface area contributed by atoms with Crippen LogP contribution in [0.4, 0.5) is 15.8 Å². The maximum absolute atomic E-state index is 14.0. The fourth-order valence-electron chi connectivity index (χ4n) is 2.06. The van der Waals surface area contributed by atoms with Crippen molar-refractivity contribution in [1.82, 2.24) is 4.98 Å². The van der Waals surface area contributed by atoms with Gasteiger partial charge in [-0.25, -0.2) is 4.39 Å². The van der Waals surface area contributed by atoms with Crippen LogP contribution in [0.25, 0.3) is 0 Å². The first-order valence-electron chi connectivity index (χ1n) is 6.37. The average Bonchev–Trinajstić information content (AvgIpc) is 2.42. The van der Waals surface area contributed by atoms with Crippen LogP contribution in [0.2, 0.25) is 0 Å². The monoisotopic (exact) mass is 259 g/mol.